The maximum absolute atomic E-state index is 12.9. The molecule has 126 valence electrons. The van der Waals surface area contributed by atoms with E-state index in [0.717, 1.165) is 36.1 Å². The topological polar surface area (TPSA) is 38.3 Å². The van der Waals surface area contributed by atoms with Crippen LogP contribution < -0.4 is 10.1 Å². The second-order valence-corrected chi connectivity index (χ2v) is 6.27. The van der Waals surface area contributed by atoms with Gasteiger partial charge >= 0.3 is 0 Å². The Hall–Kier alpha value is -2.36. The zero-order valence-electron chi connectivity index (χ0n) is 13.8. The molecule has 0 radical (unpaired) electrons. The van der Waals surface area contributed by atoms with Crippen LogP contribution in [0.2, 0.25) is 0 Å². The van der Waals surface area contributed by atoms with Gasteiger partial charge in [-0.05, 0) is 43.0 Å². The lowest BCUT2D eigenvalue weighted by Gasteiger charge is -2.41. The van der Waals surface area contributed by atoms with Crippen LogP contribution in [0.4, 0.5) is 4.39 Å². The molecular weight excluding hydrogens is 305 g/mol. The molecule has 24 heavy (non-hydrogen) atoms. The highest BCUT2D eigenvalue weighted by Gasteiger charge is 2.47. The molecule has 0 unspecified atom stereocenters. The molecule has 0 atom stereocenters. The molecule has 1 aliphatic carbocycles. The molecule has 3 rings (SSSR count). The monoisotopic (exact) mass is 327 g/mol. The molecule has 4 heteroatoms. The third kappa shape index (κ3) is 3.14. The quantitative estimate of drug-likeness (QED) is 0.880. The van der Waals surface area contributed by atoms with Crippen molar-refractivity contribution in [3.8, 4) is 5.75 Å². The molecule has 0 aliphatic heterocycles. The minimum Gasteiger partial charge on any atom is -0.496 e. The predicted octanol–water partition coefficient (Wildman–Crippen LogP) is 3.61. The molecule has 1 saturated carbocycles. The third-order valence-corrected chi connectivity index (χ3v) is 4.88. The molecule has 1 N–H and O–H groups in total. The first kappa shape index (κ1) is 16.5. The van der Waals surface area contributed by atoms with Gasteiger partial charge in [0.15, 0.2) is 0 Å². The molecule has 3 nitrogen and oxygen atoms in total. The molecule has 0 heterocycles. The van der Waals surface area contributed by atoms with Crippen LogP contribution in [0.5, 0.6) is 5.75 Å². The Morgan fingerprint density at radius 2 is 1.88 bits per heavy atom. The number of benzene rings is 2. The van der Waals surface area contributed by atoms with Crippen LogP contribution in [-0.2, 0) is 16.6 Å². The van der Waals surface area contributed by atoms with Gasteiger partial charge in [0.2, 0.25) is 5.91 Å². The second-order valence-electron chi connectivity index (χ2n) is 6.27. The number of carbonyl (C=O) groups is 1. The molecule has 0 spiro atoms. The SMILES string of the molecule is COc1ccccc1C1(C(=O)NCCc2ccc(F)cc2)CCC1. The summed E-state index contributed by atoms with van der Waals surface area (Å²) < 4.78 is 18.4. The molecule has 1 amide bonds. The van der Waals surface area contributed by atoms with E-state index in [4.69, 9.17) is 4.74 Å². The summed E-state index contributed by atoms with van der Waals surface area (Å²) in [6, 6.07) is 14.1. The Balaban J connectivity index is 1.67. The summed E-state index contributed by atoms with van der Waals surface area (Å²) in [5, 5.41) is 3.05. The van der Waals surface area contributed by atoms with Crippen LogP contribution in [-0.4, -0.2) is 19.6 Å². The number of amides is 1. The molecule has 0 saturated heterocycles. The average Bonchev–Trinajstić information content (AvgIpc) is 2.56. The summed E-state index contributed by atoms with van der Waals surface area (Å²) in [6.45, 7) is 0.543. The standard InChI is InChI=1S/C20H22FNO2/c1-24-18-6-3-2-5-17(18)20(12-4-13-20)19(23)22-14-11-15-7-9-16(21)10-8-15/h2-3,5-10H,4,11-14H2,1H3,(H,22,23). The summed E-state index contributed by atoms with van der Waals surface area (Å²) in [4.78, 5) is 12.8. The first-order valence-corrected chi connectivity index (χ1v) is 8.32. The molecule has 2 aromatic rings. The molecule has 0 aromatic heterocycles. The number of para-hydroxylation sites is 1. The van der Waals surface area contributed by atoms with E-state index >= 15 is 0 Å². The number of methoxy groups -OCH3 is 1. The molecule has 1 fully saturated rings. The fraction of sp³-hybridized carbons (Fsp3) is 0.350. The van der Waals surface area contributed by atoms with Crippen LogP contribution in [0.3, 0.4) is 0 Å². The minimum absolute atomic E-state index is 0.0559. The van der Waals surface area contributed by atoms with E-state index < -0.39 is 5.41 Å². The number of hydrogen-bond acceptors (Lipinski definition) is 2. The van der Waals surface area contributed by atoms with Crippen molar-refractivity contribution in [1.29, 1.82) is 0 Å². The van der Waals surface area contributed by atoms with Gasteiger partial charge in [0.05, 0.1) is 12.5 Å². The predicted molar refractivity (Wildman–Crippen MR) is 91.6 cm³/mol. The lowest BCUT2D eigenvalue weighted by Crippen LogP contribution is -2.49. The van der Waals surface area contributed by atoms with Crippen molar-refractivity contribution >= 4 is 5.91 Å². The van der Waals surface area contributed by atoms with E-state index in [0.29, 0.717) is 13.0 Å². The second kappa shape index (κ2) is 7.04. The molecular formula is C20H22FNO2. The molecule has 2 aromatic carbocycles. The van der Waals surface area contributed by atoms with Gasteiger partial charge in [0.25, 0.3) is 0 Å². The lowest BCUT2D eigenvalue weighted by molar-refractivity contribution is -0.129. The highest BCUT2D eigenvalue weighted by Crippen LogP contribution is 2.47. The number of nitrogens with one attached hydrogen (secondary N) is 1. The van der Waals surface area contributed by atoms with Gasteiger partial charge in [0.1, 0.15) is 11.6 Å². The number of rotatable bonds is 6. The number of hydrogen-bond donors (Lipinski definition) is 1. The lowest BCUT2D eigenvalue weighted by atomic mass is 9.63. The first-order chi connectivity index (χ1) is 11.7. The van der Waals surface area contributed by atoms with E-state index in [9.17, 15) is 9.18 Å². The first-order valence-electron chi connectivity index (χ1n) is 8.32. The Kier molecular flexibility index (Phi) is 4.84. The summed E-state index contributed by atoms with van der Waals surface area (Å²) in [5.74, 6) is 0.582. The van der Waals surface area contributed by atoms with Crippen molar-refractivity contribution in [3.05, 3.63) is 65.5 Å². The Morgan fingerprint density at radius 3 is 2.50 bits per heavy atom. The van der Waals surface area contributed by atoms with Gasteiger partial charge in [-0.3, -0.25) is 4.79 Å². The third-order valence-electron chi connectivity index (χ3n) is 4.88. The largest absolute Gasteiger partial charge is 0.496 e. The van der Waals surface area contributed by atoms with Crippen molar-refractivity contribution in [2.75, 3.05) is 13.7 Å². The zero-order valence-corrected chi connectivity index (χ0v) is 13.8. The normalized spacial score (nSPS) is 15.4. The summed E-state index contributed by atoms with van der Waals surface area (Å²) in [5.41, 5.74) is 1.50. The summed E-state index contributed by atoms with van der Waals surface area (Å²) in [7, 11) is 1.64. The van der Waals surface area contributed by atoms with E-state index in [-0.39, 0.29) is 11.7 Å². The van der Waals surface area contributed by atoms with Gasteiger partial charge in [-0.1, -0.05) is 36.8 Å². The van der Waals surface area contributed by atoms with Gasteiger partial charge < -0.3 is 10.1 Å². The van der Waals surface area contributed by atoms with Crippen molar-refractivity contribution in [3.63, 3.8) is 0 Å². The fourth-order valence-corrected chi connectivity index (χ4v) is 3.33. The van der Waals surface area contributed by atoms with E-state index in [1.54, 1.807) is 19.2 Å². The Labute approximate surface area is 141 Å². The highest BCUT2D eigenvalue weighted by atomic mass is 19.1. The van der Waals surface area contributed by atoms with Gasteiger partial charge in [0, 0.05) is 12.1 Å². The van der Waals surface area contributed by atoms with Crippen LogP contribution >= 0.6 is 0 Å². The fourth-order valence-electron chi connectivity index (χ4n) is 3.33. The number of ether oxygens (including phenoxy) is 1. The van der Waals surface area contributed by atoms with Crippen molar-refractivity contribution < 1.29 is 13.9 Å². The van der Waals surface area contributed by atoms with E-state index in [1.165, 1.54) is 12.1 Å². The number of halogens is 1. The van der Waals surface area contributed by atoms with Crippen LogP contribution in [0.15, 0.2) is 48.5 Å². The highest BCUT2D eigenvalue weighted by molar-refractivity contribution is 5.90. The van der Waals surface area contributed by atoms with E-state index in [2.05, 4.69) is 5.32 Å². The van der Waals surface area contributed by atoms with Crippen LogP contribution in [0, 0.1) is 5.82 Å². The number of carbonyl (C=O) groups excluding carboxylic acids is 1. The summed E-state index contributed by atoms with van der Waals surface area (Å²) >= 11 is 0. The average molecular weight is 327 g/mol. The van der Waals surface area contributed by atoms with Gasteiger partial charge in [-0.25, -0.2) is 4.39 Å². The maximum atomic E-state index is 12.9. The minimum atomic E-state index is -0.477. The van der Waals surface area contributed by atoms with Gasteiger partial charge in [-0.2, -0.15) is 0 Å². The molecule has 0 bridgehead atoms. The van der Waals surface area contributed by atoms with Crippen LogP contribution in [0.1, 0.15) is 30.4 Å². The molecule has 1 aliphatic rings. The zero-order chi connectivity index (χ0) is 17.0. The van der Waals surface area contributed by atoms with Crippen molar-refractivity contribution in [2.24, 2.45) is 0 Å². The van der Waals surface area contributed by atoms with Crippen molar-refractivity contribution in [1.82, 2.24) is 5.32 Å². The smallest absolute Gasteiger partial charge is 0.230 e. The summed E-state index contributed by atoms with van der Waals surface area (Å²) in [6.07, 6.45) is 3.42. The van der Waals surface area contributed by atoms with Crippen LogP contribution in [0.25, 0.3) is 0 Å². The van der Waals surface area contributed by atoms with Gasteiger partial charge in [-0.15, -0.1) is 0 Å². The Morgan fingerprint density at radius 1 is 1.17 bits per heavy atom. The van der Waals surface area contributed by atoms with Crippen molar-refractivity contribution in [2.45, 2.75) is 31.1 Å². The Bertz CT molecular complexity index is 708. The maximum Gasteiger partial charge on any atom is 0.230 e. The van der Waals surface area contributed by atoms with E-state index in [1.807, 2.05) is 24.3 Å².